The zero-order chi connectivity index (χ0) is 18.5. The largest absolute Gasteiger partial charge is 0.362 e. The van der Waals surface area contributed by atoms with Gasteiger partial charge in [0.2, 0.25) is 0 Å². The molecule has 0 aliphatic heterocycles. The Morgan fingerprint density at radius 1 is 0.708 bits per heavy atom. The van der Waals surface area contributed by atoms with Gasteiger partial charge in [0.05, 0.1) is 35.5 Å². The van der Waals surface area contributed by atoms with Crippen LogP contribution in [0, 0.1) is 0 Å². The Hall–Kier alpha value is -2.16. The summed E-state index contributed by atoms with van der Waals surface area (Å²) in [6.07, 6.45) is 0. The predicted octanol–water partition coefficient (Wildman–Crippen LogP) is -0.483. The number of hydroxylamine groups is 1. The first-order valence-corrected chi connectivity index (χ1v) is 6.27. The molecule has 0 aliphatic rings. The van der Waals surface area contributed by atoms with Crippen molar-refractivity contribution in [3.8, 4) is 0 Å². The molecule has 138 valence electrons. The molecule has 0 saturated carbocycles. The molecule has 0 saturated heterocycles. The second-order valence-electron chi connectivity index (χ2n) is 3.46. The van der Waals surface area contributed by atoms with Crippen LogP contribution in [0.3, 0.4) is 0 Å². The van der Waals surface area contributed by atoms with Crippen molar-refractivity contribution >= 4 is 24.6 Å². The van der Waals surface area contributed by atoms with Crippen LogP contribution in [-0.4, -0.2) is 71.1 Å². The topological polar surface area (TPSA) is 121 Å². The number of hydrogen-bond donors (Lipinski definition) is 0. The lowest BCUT2D eigenvalue weighted by Gasteiger charge is -2.23. The van der Waals surface area contributed by atoms with Crippen molar-refractivity contribution in [1.29, 1.82) is 0 Å². The van der Waals surface area contributed by atoms with Gasteiger partial charge < -0.3 is 9.53 Å². The van der Waals surface area contributed by atoms with E-state index in [2.05, 4.69) is 15.0 Å². The molecule has 13 nitrogen and oxygen atoms in total. The molecule has 1 rings (SSSR count). The highest BCUT2D eigenvalue weighted by Gasteiger charge is 2.21. The Bertz CT molecular complexity index is 430. The van der Waals surface area contributed by atoms with Crippen LogP contribution in [0.15, 0.2) is 0 Å². The minimum Gasteiger partial charge on any atom is -0.362 e. The second-order valence-corrected chi connectivity index (χ2v) is 3.46. The third-order valence-electron chi connectivity index (χ3n) is 2.28. The van der Waals surface area contributed by atoms with Crippen LogP contribution in [0.4, 0.5) is 17.8 Å². The SMILES string of the molecule is C=O.COCN(OC)c1nc(N(OC)OC)nc(N(OC)OC)n1. The van der Waals surface area contributed by atoms with E-state index in [1.807, 2.05) is 6.79 Å². The van der Waals surface area contributed by atoms with E-state index >= 15 is 0 Å². The fraction of sp³-hybridized carbons (Fsp3) is 0.636. The Morgan fingerprint density at radius 3 is 1.38 bits per heavy atom. The van der Waals surface area contributed by atoms with E-state index in [1.54, 1.807) is 0 Å². The number of carbonyl (C=O) groups excluding carboxylic acids is 1. The van der Waals surface area contributed by atoms with E-state index in [9.17, 15) is 0 Å². The zero-order valence-corrected chi connectivity index (χ0v) is 14.5. The first kappa shape index (κ1) is 21.8. The number of hydrogen-bond acceptors (Lipinski definition) is 13. The Balaban J connectivity index is 0.00000254. The molecule has 1 aromatic rings. The smallest absolute Gasteiger partial charge is 0.284 e. The number of rotatable bonds is 10. The number of aromatic nitrogens is 3. The highest BCUT2D eigenvalue weighted by molar-refractivity contribution is 5.41. The lowest BCUT2D eigenvalue weighted by molar-refractivity contribution is -0.0980. The summed E-state index contributed by atoms with van der Waals surface area (Å²) in [5.74, 6) is 0.215. The van der Waals surface area contributed by atoms with Gasteiger partial charge in [0, 0.05) is 7.11 Å². The summed E-state index contributed by atoms with van der Waals surface area (Å²) >= 11 is 0. The molecule has 24 heavy (non-hydrogen) atoms. The minimum absolute atomic E-state index is 0.0438. The third-order valence-corrected chi connectivity index (χ3v) is 2.28. The standard InChI is InChI=1S/C10H20N6O6.CH2O/c1-17-7-14(18-2)8-11-9(15(19-3)20-4)13-10(12-8)16(21-5)22-6;1-2/h7H2,1-6H3;1H2. The summed E-state index contributed by atoms with van der Waals surface area (Å²) in [5, 5.41) is 3.22. The van der Waals surface area contributed by atoms with Gasteiger partial charge in [-0.05, 0) is 0 Å². The number of anilines is 3. The van der Waals surface area contributed by atoms with Gasteiger partial charge in [-0.25, -0.2) is 19.4 Å². The van der Waals surface area contributed by atoms with E-state index in [1.165, 1.54) is 47.7 Å². The molecule has 1 aromatic heterocycles. The fourth-order valence-electron chi connectivity index (χ4n) is 1.40. The molecule has 0 aromatic carbocycles. The predicted molar refractivity (Wildman–Crippen MR) is 81.3 cm³/mol. The number of nitrogens with zero attached hydrogens (tertiary/aromatic N) is 6. The summed E-state index contributed by atoms with van der Waals surface area (Å²) in [5.41, 5.74) is 0. The van der Waals surface area contributed by atoms with Gasteiger partial charge in [-0.2, -0.15) is 20.0 Å². The van der Waals surface area contributed by atoms with Crippen LogP contribution in [0.2, 0.25) is 0 Å². The Kier molecular flexibility index (Phi) is 11.2. The molecule has 0 amide bonds. The van der Waals surface area contributed by atoms with Crippen molar-refractivity contribution in [2.45, 2.75) is 0 Å². The molecule has 0 atom stereocenters. The quantitative estimate of drug-likeness (QED) is 0.399. The van der Waals surface area contributed by atoms with Gasteiger partial charge in [-0.1, -0.05) is 10.5 Å². The average Bonchev–Trinajstić information content (AvgIpc) is 2.63. The molecule has 0 spiro atoms. The number of methoxy groups -OCH3 is 1. The van der Waals surface area contributed by atoms with Crippen molar-refractivity contribution in [1.82, 2.24) is 15.0 Å². The fourth-order valence-corrected chi connectivity index (χ4v) is 1.40. The highest BCUT2D eigenvalue weighted by atomic mass is 16.9. The summed E-state index contributed by atoms with van der Waals surface area (Å²) < 4.78 is 5.00. The maximum absolute atomic E-state index is 8.00. The van der Waals surface area contributed by atoms with E-state index in [0.717, 1.165) is 10.5 Å². The maximum atomic E-state index is 8.00. The normalized spacial score (nSPS) is 9.92. The number of carbonyl (C=O) groups is 1. The molecule has 0 N–H and O–H groups in total. The van der Waals surface area contributed by atoms with E-state index in [4.69, 9.17) is 33.7 Å². The number of ether oxygens (including phenoxy) is 1. The maximum Gasteiger partial charge on any atom is 0.284 e. The van der Waals surface area contributed by atoms with Crippen LogP contribution < -0.4 is 15.5 Å². The molecule has 0 bridgehead atoms. The molecule has 13 heteroatoms. The molecule has 0 aliphatic carbocycles. The molecule has 0 radical (unpaired) electrons. The first-order valence-electron chi connectivity index (χ1n) is 6.27. The lowest BCUT2D eigenvalue weighted by Crippen LogP contribution is -2.31. The van der Waals surface area contributed by atoms with E-state index < -0.39 is 0 Å². The summed E-state index contributed by atoms with van der Waals surface area (Å²) in [6, 6.07) is 0. The highest BCUT2D eigenvalue weighted by Crippen LogP contribution is 2.19. The third kappa shape index (κ3) is 5.80. The van der Waals surface area contributed by atoms with Gasteiger partial charge in [-0.3, -0.25) is 4.84 Å². The van der Waals surface area contributed by atoms with Gasteiger partial charge in [0.1, 0.15) is 13.5 Å². The van der Waals surface area contributed by atoms with E-state index in [0.29, 0.717) is 0 Å². The van der Waals surface area contributed by atoms with Gasteiger partial charge in [-0.15, -0.1) is 0 Å². The average molecular weight is 350 g/mol. The summed E-state index contributed by atoms with van der Waals surface area (Å²) in [4.78, 5) is 45.5. The minimum atomic E-state index is 0.0438. The Morgan fingerprint density at radius 2 is 1.08 bits per heavy atom. The molecular formula is C11H22N6O7. The lowest BCUT2D eigenvalue weighted by atomic mass is 10.8. The molecule has 0 fully saturated rings. The van der Waals surface area contributed by atoms with Gasteiger partial charge in [0.15, 0.2) is 0 Å². The second kappa shape index (κ2) is 12.3. The van der Waals surface area contributed by atoms with Crippen molar-refractivity contribution < 1.29 is 33.7 Å². The van der Waals surface area contributed by atoms with E-state index in [-0.39, 0.29) is 24.6 Å². The van der Waals surface area contributed by atoms with Crippen molar-refractivity contribution in [3.63, 3.8) is 0 Å². The molecule has 0 unspecified atom stereocenters. The van der Waals surface area contributed by atoms with Crippen LogP contribution in [0.5, 0.6) is 0 Å². The molecule has 1 heterocycles. The summed E-state index contributed by atoms with van der Waals surface area (Å²) in [6.45, 7) is 2.08. The first-order chi connectivity index (χ1) is 11.6. The molecular weight excluding hydrogens is 328 g/mol. The van der Waals surface area contributed by atoms with Crippen LogP contribution in [-0.2, 0) is 33.7 Å². The summed E-state index contributed by atoms with van der Waals surface area (Å²) in [7, 11) is 8.50. The van der Waals surface area contributed by atoms with Crippen LogP contribution in [0.1, 0.15) is 0 Å². The zero-order valence-electron chi connectivity index (χ0n) is 14.5. The van der Waals surface area contributed by atoms with Crippen molar-refractivity contribution in [3.05, 3.63) is 0 Å². The Labute approximate surface area is 139 Å². The van der Waals surface area contributed by atoms with Gasteiger partial charge in [0.25, 0.3) is 17.8 Å². The van der Waals surface area contributed by atoms with Gasteiger partial charge >= 0.3 is 0 Å². The van der Waals surface area contributed by atoms with Crippen molar-refractivity contribution in [2.75, 3.05) is 64.9 Å². The van der Waals surface area contributed by atoms with Crippen LogP contribution >= 0.6 is 0 Å². The van der Waals surface area contributed by atoms with Crippen LogP contribution in [0.25, 0.3) is 0 Å². The van der Waals surface area contributed by atoms with Crippen molar-refractivity contribution in [2.24, 2.45) is 0 Å². The monoisotopic (exact) mass is 350 g/mol.